The molecule has 128 valence electrons. The maximum atomic E-state index is 12.6. The summed E-state index contributed by atoms with van der Waals surface area (Å²) in [5.74, 6) is -1.46. The van der Waals surface area contributed by atoms with E-state index in [-0.39, 0.29) is 11.3 Å². The lowest BCUT2D eigenvalue weighted by atomic mass is 9.95. The lowest BCUT2D eigenvalue weighted by molar-refractivity contribution is -0.139. The molecule has 1 N–H and O–H groups in total. The molecule has 1 aliphatic heterocycles. The van der Waals surface area contributed by atoms with Crippen molar-refractivity contribution < 1.29 is 14.7 Å². The number of nitrogens with zero attached hydrogens (tertiary/aromatic N) is 1. The first kappa shape index (κ1) is 17.7. The van der Waals surface area contributed by atoms with Gasteiger partial charge in [-0.1, -0.05) is 70.0 Å². The third kappa shape index (κ3) is 3.34. The summed E-state index contributed by atoms with van der Waals surface area (Å²) in [6.45, 7) is 0.351. The summed E-state index contributed by atoms with van der Waals surface area (Å²) in [5, 5.41) is 11.8. The Balaban J connectivity index is 2.18. The smallest absolute Gasteiger partial charge is 0.295 e. The molecule has 0 aromatic heterocycles. The Bertz CT molecular complexity index is 834. The molecule has 0 aliphatic carbocycles. The molecule has 1 unspecified atom stereocenters. The Hall–Kier alpha value is -2.11. The van der Waals surface area contributed by atoms with Crippen LogP contribution in [0.3, 0.4) is 0 Å². The first-order chi connectivity index (χ1) is 12.0. The van der Waals surface area contributed by atoms with Gasteiger partial charge in [-0.05, 0) is 17.7 Å². The topological polar surface area (TPSA) is 57.6 Å². The number of ketones is 1. The van der Waals surface area contributed by atoms with Crippen LogP contribution in [0.4, 0.5) is 0 Å². The van der Waals surface area contributed by atoms with Gasteiger partial charge >= 0.3 is 0 Å². The first-order valence-electron chi connectivity index (χ1n) is 7.70. The van der Waals surface area contributed by atoms with E-state index in [0.29, 0.717) is 22.5 Å². The van der Waals surface area contributed by atoms with E-state index in [2.05, 4.69) is 15.9 Å². The number of aliphatic hydroxyl groups excluding tert-OH is 1. The van der Waals surface area contributed by atoms with Gasteiger partial charge in [-0.3, -0.25) is 9.59 Å². The van der Waals surface area contributed by atoms with Crippen LogP contribution in [0, 0.1) is 0 Å². The molecule has 0 bridgehead atoms. The normalized spacial score (nSPS) is 19.4. The molecule has 1 aliphatic rings. The fraction of sp³-hybridized carbons (Fsp3) is 0.158. The van der Waals surface area contributed by atoms with E-state index in [0.717, 1.165) is 5.56 Å². The number of alkyl halides is 1. The predicted octanol–water partition coefficient (Wildman–Crippen LogP) is 4.16. The zero-order valence-corrected chi connectivity index (χ0v) is 15.5. The van der Waals surface area contributed by atoms with E-state index in [1.165, 1.54) is 4.90 Å². The van der Waals surface area contributed by atoms with Crippen LogP contribution in [0.1, 0.15) is 17.2 Å². The summed E-state index contributed by atoms with van der Waals surface area (Å²) < 4.78 is 0. The second-order valence-electron chi connectivity index (χ2n) is 5.60. The molecular formula is C19H15BrClNO3. The number of Topliss-reactive ketones (excluding diaryl/α,β-unsaturated/α-hetero) is 1. The minimum absolute atomic E-state index is 0.0967. The van der Waals surface area contributed by atoms with Gasteiger partial charge in [0.25, 0.3) is 11.7 Å². The average molecular weight is 421 g/mol. The van der Waals surface area contributed by atoms with Crippen molar-refractivity contribution in [2.75, 3.05) is 11.9 Å². The van der Waals surface area contributed by atoms with Gasteiger partial charge in [-0.25, -0.2) is 0 Å². The quantitative estimate of drug-likeness (QED) is 0.350. The number of rotatable bonds is 4. The number of carbonyl (C=O) groups is 2. The van der Waals surface area contributed by atoms with E-state index < -0.39 is 17.7 Å². The number of aliphatic hydroxyl groups is 1. The number of likely N-dealkylation sites (tertiary alicyclic amines) is 1. The fourth-order valence-electron chi connectivity index (χ4n) is 2.94. The van der Waals surface area contributed by atoms with Crippen molar-refractivity contribution in [3.63, 3.8) is 0 Å². The van der Waals surface area contributed by atoms with Gasteiger partial charge in [0.05, 0.1) is 11.6 Å². The zero-order chi connectivity index (χ0) is 18.0. The summed E-state index contributed by atoms with van der Waals surface area (Å²) in [4.78, 5) is 26.5. The molecule has 25 heavy (non-hydrogen) atoms. The van der Waals surface area contributed by atoms with E-state index >= 15 is 0 Å². The molecule has 2 aromatic rings. The number of carbonyl (C=O) groups excluding carboxylic acids is 2. The molecule has 4 nitrogen and oxygen atoms in total. The van der Waals surface area contributed by atoms with E-state index in [9.17, 15) is 14.7 Å². The van der Waals surface area contributed by atoms with Crippen molar-refractivity contribution >= 4 is 45.0 Å². The summed E-state index contributed by atoms with van der Waals surface area (Å²) in [6.07, 6.45) is 0. The van der Waals surface area contributed by atoms with Crippen molar-refractivity contribution in [1.29, 1.82) is 0 Å². The van der Waals surface area contributed by atoms with Crippen molar-refractivity contribution in [2.24, 2.45) is 0 Å². The lowest BCUT2D eigenvalue weighted by Crippen LogP contribution is -2.31. The Morgan fingerprint density at radius 2 is 1.72 bits per heavy atom. The standard InChI is InChI=1S/C19H15BrClNO3/c20-10-11-22-16(12-6-8-14(21)9-7-12)15(18(24)19(22)25)17(23)13-4-2-1-3-5-13/h1-9,16,23H,10-11H2/b17-15+. The van der Waals surface area contributed by atoms with Crippen LogP contribution in [0.15, 0.2) is 60.2 Å². The highest BCUT2D eigenvalue weighted by molar-refractivity contribution is 9.09. The SMILES string of the molecule is O=C1C(=O)N(CCBr)C(c2ccc(Cl)cc2)/C1=C(\O)c1ccccc1. The van der Waals surface area contributed by atoms with Gasteiger partial charge in [0.15, 0.2) is 0 Å². The summed E-state index contributed by atoms with van der Waals surface area (Å²) >= 11 is 9.27. The maximum absolute atomic E-state index is 12.6. The maximum Gasteiger partial charge on any atom is 0.295 e. The molecule has 0 spiro atoms. The molecule has 1 heterocycles. The largest absolute Gasteiger partial charge is 0.507 e. The van der Waals surface area contributed by atoms with Crippen LogP contribution in [0.25, 0.3) is 5.76 Å². The first-order valence-corrected chi connectivity index (χ1v) is 9.19. The van der Waals surface area contributed by atoms with Crippen molar-refractivity contribution in [2.45, 2.75) is 6.04 Å². The Labute approximate surface area is 158 Å². The Kier molecular flexibility index (Phi) is 5.25. The molecule has 0 saturated carbocycles. The van der Waals surface area contributed by atoms with Crippen molar-refractivity contribution in [3.8, 4) is 0 Å². The number of hydrogen-bond acceptors (Lipinski definition) is 3. The molecule has 0 radical (unpaired) electrons. The molecule has 1 atom stereocenters. The summed E-state index contributed by atoms with van der Waals surface area (Å²) in [6, 6.07) is 15.0. The summed E-state index contributed by atoms with van der Waals surface area (Å²) in [7, 11) is 0. The van der Waals surface area contributed by atoms with E-state index in [4.69, 9.17) is 11.6 Å². The molecule has 1 saturated heterocycles. The van der Waals surface area contributed by atoms with Gasteiger partial charge < -0.3 is 10.0 Å². The van der Waals surface area contributed by atoms with Crippen LogP contribution >= 0.6 is 27.5 Å². The van der Waals surface area contributed by atoms with Crippen molar-refractivity contribution in [3.05, 3.63) is 76.3 Å². The van der Waals surface area contributed by atoms with Crippen LogP contribution in [-0.2, 0) is 9.59 Å². The molecule has 6 heteroatoms. The van der Waals surface area contributed by atoms with Gasteiger partial charge in [-0.2, -0.15) is 0 Å². The van der Waals surface area contributed by atoms with Crippen LogP contribution in [0.5, 0.6) is 0 Å². The van der Waals surface area contributed by atoms with Crippen molar-refractivity contribution in [1.82, 2.24) is 4.90 Å². The molecule has 3 rings (SSSR count). The van der Waals surface area contributed by atoms with Crippen LogP contribution < -0.4 is 0 Å². The molecule has 1 amide bonds. The second-order valence-corrected chi connectivity index (χ2v) is 6.83. The second kappa shape index (κ2) is 7.42. The molecular weight excluding hydrogens is 406 g/mol. The summed E-state index contributed by atoms with van der Waals surface area (Å²) in [5.41, 5.74) is 1.32. The van der Waals surface area contributed by atoms with E-state index in [1.807, 2.05) is 6.07 Å². The van der Waals surface area contributed by atoms with Crippen LogP contribution in [0.2, 0.25) is 5.02 Å². The Morgan fingerprint density at radius 1 is 1.08 bits per heavy atom. The lowest BCUT2D eigenvalue weighted by Gasteiger charge is -2.24. The fourth-order valence-corrected chi connectivity index (χ4v) is 3.45. The minimum Gasteiger partial charge on any atom is -0.507 e. The van der Waals surface area contributed by atoms with E-state index in [1.54, 1.807) is 48.5 Å². The molecule has 2 aromatic carbocycles. The average Bonchev–Trinajstić information content (AvgIpc) is 2.88. The van der Waals surface area contributed by atoms with Crippen LogP contribution in [-0.4, -0.2) is 33.6 Å². The van der Waals surface area contributed by atoms with Gasteiger partial charge in [0, 0.05) is 22.5 Å². The van der Waals surface area contributed by atoms with Gasteiger partial charge in [-0.15, -0.1) is 0 Å². The zero-order valence-electron chi connectivity index (χ0n) is 13.2. The third-order valence-electron chi connectivity index (χ3n) is 4.10. The number of amides is 1. The predicted molar refractivity (Wildman–Crippen MR) is 101 cm³/mol. The minimum atomic E-state index is -0.678. The van der Waals surface area contributed by atoms with Gasteiger partial charge in [0.2, 0.25) is 0 Å². The third-order valence-corrected chi connectivity index (χ3v) is 4.70. The van der Waals surface area contributed by atoms with Gasteiger partial charge in [0.1, 0.15) is 5.76 Å². The number of hydrogen-bond donors (Lipinski definition) is 1. The monoisotopic (exact) mass is 419 g/mol. The number of benzene rings is 2. The molecule has 1 fully saturated rings. The number of halogens is 2. The highest BCUT2D eigenvalue weighted by Crippen LogP contribution is 2.39. The highest BCUT2D eigenvalue weighted by atomic mass is 79.9. The highest BCUT2D eigenvalue weighted by Gasteiger charge is 2.45. The Morgan fingerprint density at radius 3 is 2.32 bits per heavy atom.